The Hall–Kier alpha value is -3.19. The highest BCUT2D eigenvalue weighted by Crippen LogP contribution is 2.42. The minimum Gasteiger partial charge on any atom is -0.497 e. The van der Waals surface area contributed by atoms with Crippen LogP contribution in [-0.2, 0) is 6.54 Å². The maximum atomic E-state index is 5.54. The quantitative estimate of drug-likeness (QED) is 0.544. The van der Waals surface area contributed by atoms with E-state index in [1.54, 1.807) is 28.4 Å². The first-order valence-electron chi connectivity index (χ1n) is 10.9. The Morgan fingerprint density at radius 2 is 1.75 bits per heavy atom. The Morgan fingerprint density at radius 3 is 2.44 bits per heavy atom. The predicted molar refractivity (Wildman–Crippen MR) is 124 cm³/mol. The second-order valence-corrected chi connectivity index (χ2v) is 7.94. The van der Waals surface area contributed by atoms with Gasteiger partial charge in [0.15, 0.2) is 11.5 Å². The van der Waals surface area contributed by atoms with Gasteiger partial charge in [0.1, 0.15) is 5.75 Å². The van der Waals surface area contributed by atoms with Crippen molar-refractivity contribution in [2.45, 2.75) is 31.8 Å². The number of aromatic amines is 1. The number of piperidine rings is 1. The van der Waals surface area contributed by atoms with Crippen LogP contribution >= 0.6 is 0 Å². The molecule has 1 unspecified atom stereocenters. The van der Waals surface area contributed by atoms with Gasteiger partial charge in [-0.15, -0.1) is 0 Å². The number of benzene rings is 2. The summed E-state index contributed by atoms with van der Waals surface area (Å²) < 4.78 is 22.0. The van der Waals surface area contributed by atoms with Crippen molar-refractivity contribution < 1.29 is 18.9 Å². The third-order valence-corrected chi connectivity index (χ3v) is 6.14. The van der Waals surface area contributed by atoms with E-state index in [2.05, 4.69) is 33.3 Å². The molecule has 0 spiro atoms. The Morgan fingerprint density at radius 1 is 0.969 bits per heavy atom. The molecule has 4 rings (SSSR count). The van der Waals surface area contributed by atoms with Crippen molar-refractivity contribution in [1.82, 2.24) is 15.1 Å². The maximum Gasteiger partial charge on any atom is 0.203 e. The first-order chi connectivity index (χ1) is 15.7. The summed E-state index contributed by atoms with van der Waals surface area (Å²) in [5, 5.41) is 7.53. The number of ether oxygens (including phenoxy) is 4. The Balaban J connectivity index is 1.65. The molecule has 170 valence electrons. The van der Waals surface area contributed by atoms with Crippen LogP contribution < -0.4 is 18.9 Å². The number of likely N-dealkylation sites (tertiary alicyclic amines) is 1. The lowest BCUT2D eigenvalue weighted by molar-refractivity contribution is 0.140. The molecule has 0 bridgehead atoms. The second-order valence-electron chi connectivity index (χ2n) is 7.94. The van der Waals surface area contributed by atoms with Gasteiger partial charge < -0.3 is 18.9 Å². The first kappa shape index (κ1) is 22.0. The van der Waals surface area contributed by atoms with Gasteiger partial charge in [-0.1, -0.05) is 18.6 Å². The lowest BCUT2D eigenvalue weighted by Gasteiger charge is -2.36. The van der Waals surface area contributed by atoms with E-state index in [9.17, 15) is 0 Å². The van der Waals surface area contributed by atoms with E-state index in [0.717, 1.165) is 42.1 Å². The molecule has 2 heterocycles. The molecule has 7 heteroatoms. The van der Waals surface area contributed by atoms with E-state index >= 15 is 0 Å². The highest BCUT2D eigenvalue weighted by atomic mass is 16.5. The smallest absolute Gasteiger partial charge is 0.203 e. The Kier molecular flexibility index (Phi) is 6.85. The number of hydrogen-bond donors (Lipinski definition) is 1. The van der Waals surface area contributed by atoms with Crippen LogP contribution in [0.1, 0.15) is 36.4 Å². The summed E-state index contributed by atoms with van der Waals surface area (Å²) in [7, 11) is 6.58. The van der Waals surface area contributed by atoms with Crippen LogP contribution in [0.2, 0.25) is 0 Å². The molecule has 1 saturated heterocycles. The van der Waals surface area contributed by atoms with E-state index < -0.39 is 0 Å². The van der Waals surface area contributed by atoms with Crippen molar-refractivity contribution in [3.05, 3.63) is 53.7 Å². The second kappa shape index (κ2) is 9.96. The van der Waals surface area contributed by atoms with Crippen molar-refractivity contribution in [1.29, 1.82) is 0 Å². The fraction of sp³-hybridized carbons (Fsp3) is 0.400. The van der Waals surface area contributed by atoms with Crippen LogP contribution in [0.4, 0.5) is 0 Å². The van der Waals surface area contributed by atoms with Crippen LogP contribution in [-0.4, -0.2) is 50.1 Å². The van der Waals surface area contributed by atoms with Crippen LogP contribution in [0.3, 0.4) is 0 Å². The minimum absolute atomic E-state index is 0.349. The number of nitrogens with zero attached hydrogens (tertiary/aromatic N) is 2. The third kappa shape index (κ3) is 4.39. The van der Waals surface area contributed by atoms with Gasteiger partial charge >= 0.3 is 0 Å². The molecule has 0 radical (unpaired) electrons. The van der Waals surface area contributed by atoms with Crippen LogP contribution in [0, 0.1) is 0 Å². The molecule has 1 N–H and O–H groups in total. The lowest BCUT2D eigenvalue weighted by atomic mass is 9.94. The minimum atomic E-state index is 0.349. The van der Waals surface area contributed by atoms with E-state index in [1.165, 1.54) is 18.4 Å². The van der Waals surface area contributed by atoms with Gasteiger partial charge in [0.2, 0.25) is 5.75 Å². The summed E-state index contributed by atoms with van der Waals surface area (Å²) >= 11 is 0. The summed E-state index contributed by atoms with van der Waals surface area (Å²) in [5.74, 6) is 2.72. The molecule has 0 amide bonds. The fourth-order valence-corrected chi connectivity index (χ4v) is 4.53. The molecule has 32 heavy (non-hydrogen) atoms. The van der Waals surface area contributed by atoms with Gasteiger partial charge in [0.25, 0.3) is 0 Å². The van der Waals surface area contributed by atoms with Gasteiger partial charge in [0.05, 0.1) is 40.3 Å². The number of H-pyrrole nitrogens is 1. The van der Waals surface area contributed by atoms with E-state index in [0.29, 0.717) is 23.3 Å². The molecule has 1 fully saturated rings. The van der Waals surface area contributed by atoms with E-state index in [4.69, 9.17) is 18.9 Å². The van der Waals surface area contributed by atoms with Crippen LogP contribution in [0.25, 0.3) is 11.3 Å². The van der Waals surface area contributed by atoms with Gasteiger partial charge in [-0.3, -0.25) is 10.00 Å². The SMILES string of the molecule is COc1cccc(C2CCCCN2Cc2cn[nH]c2-c2cc(OC)c(OC)c(OC)c2)c1. The number of hydrogen-bond acceptors (Lipinski definition) is 6. The lowest BCUT2D eigenvalue weighted by Crippen LogP contribution is -2.33. The highest BCUT2D eigenvalue weighted by Gasteiger charge is 2.26. The monoisotopic (exact) mass is 437 g/mol. The third-order valence-electron chi connectivity index (χ3n) is 6.14. The van der Waals surface area contributed by atoms with Crippen molar-refractivity contribution in [2.75, 3.05) is 35.0 Å². The standard InChI is InChI=1S/C25H31N3O4/c1-29-20-9-7-8-17(12-20)21-10-5-6-11-28(21)16-19-15-26-27-24(19)18-13-22(30-2)25(32-4)23(14-18)31-3/h7-9,12-15,21H,5-6,10-11,16H2,1-4H3,(H,26,27). The Labute approximate surface area is 189 Å². The number of aromatic nitrogens is 2. The van der Waals surface area contributed by atoms with Gasteiger partial charge in [0, 0.05) is 23.7 Å². The zero-order chi connectivity index (χ0) is 22.5. The molecule has 1 atom stereocenters. The van der Waals surface area contributed by atoms with Gasteiger partial charge in [-0.05, 0) is 49.2 Å². The molecular weight excluding hydrogens is 406 g/mol. The van der Waals surface area contributed by atoms with Crippen molar-refractivity contribution in [3.63, 3.8) is 0 Å². The topological polar surface area (TPSA) is 68.8 Å². The summed E-state index contributed by atoms with van der Waals surface area (Å²) in [6, 6.07) is 12.7. The molecule has 0 aliphatic carbocycles. The molecule has 3 aromatic rings. The molecule has 1 aliphatic heterocycles. The molecule has 1 aromatic heterocycles. The van der Waals surface area contributed by atoms with Crippen LogP contribution in [0.5, 0.6) is 23.0 Å². The molecule has 7 nitrogen and oxygen atoms in total. The number of rotatable bonds is 8. The fourth-order valence-electron chi connectivity index (χ4n) is 4.53. The summed E-state index contributed by atoms with van der Waals surface area (Å²) in [5.41, 5.74) is 4.33. The summed E-state index contributed by atoms with van der Waals surface area (Å²) in [6.45, 7) is 1.84. The average molecular weight is 438 g/mol. The molecule has 2 aromatic carbocycles. The summed E-state index contributed by atoms with van der Waals surface area (Å²) in [6.07, 6.45) is 5.46. The van der Waals surface area contributed by atoms with Crippen molar-refractivity contribution in [3.8, 4) is 34.3 Å². The van der Waals surface area contributed by atoms with Gasteiger partial charge in [-0.25, -0.2) is 0 Å². The first-order valence-corrected chi connectivity index (χ1v) is 10.9. The van der Waals surface area contributed by atoms with Gasteiger partial charge in [-0.2, -0.15) is 5.10 Å². The van der Waals surface area contributed by atoms with Crippen molar-refractivity contribution >= 4 is 0 Å². The normalized spacial score (nSPS) is 16.6. The molecule has 1 aliphatic rings. The highest BCUT2D eigenvalue weighted by molar-refractivity contribution is 5.70. The zero-order valence-corrected chi connectivity index (χ0v) is 19.2. The maximum absolute atomic E-state index is 5.54. The number of nitrogens with one attached hydrogen (secondary N) is 1. The predicted octanol–water partition coefficient (Wildman–Crippen LogP) is 4.84. The molecule has 0 saturated carbocycles. The average Bonchev–Trinajstić information content (AvgIpc) is 3.31. The van der Waals surface area contributed by atoms with Crippen molar-refractivity contribution in [2.24, 2.45) is 0 Å². The van der Waals surface area contributed by atoms with Crippen LogP contribution in [0.15, 0.2) is 42.6 Å². The Bertz CT molecular complexity index is 1020. The largest absolute Gasteiger partial charge is 0.497 e. The zero-order valence-electron chi connectivity index (χ0n) is 19.2. The summed E-state index contributed by atoms with van der Waals surface area (Å²) in [4.78, 5) is 2.53. The van der Waals surface area contributed by atoms with E-state index in [1.807, 2.05) is 24.4 Å². The van der Waals surface area contributed by atoms with E-state index in [-0.39, 0.29) is 0 Å². The molecular formula is C25H31N3O4. The number of methoxy groups -OCH3 is 4.